The Morgan fingerprint density at radius 3 is 2.76 bits per heavy atom. The van der Waals surface area contributed by atoms with Crippen LogP contribution in [-0.2, 0) is 4.79 Å². The molecular formula is C22H18ClN3O3. The van der Waals surface area contributed by atoms with Gasteiger partial charge in [-0.3, -0.25) is 14.5 Å². The lowest BCUT2D eigenvalue weighted by Crippen LogP contribution is -2.41. The van der Waals surface area contributed by atoms with Crippen molar-refractivity contribution in [1.29, 1.82) is 0 Å². The van der Waals surface area contributed by atoms with E-state index in [1.54, 1.807) is 36.5 Å². The van der Waals surface area contributed by atoms with Crippen molar-refractivity contribution < 1.29 is 14.3 Å². The molecule has 6 nitrogen and oxygen atoms in total. The maximum atomic E-state index is 13.2. The molecule has 0 spiro atoms. The van der Waals surface area contributed by atoms with E-state index in [-0.39, 0.29) is 35.8 Å². The zero-order chi connectivity index (χ0) is 20.4. The van der Waals surface area contributed by atoms with Crippen molar-refractivity contribution in [3.05, 3.63) is 83.0 Å². The van der Waals surface area contributed by atoms with Crippen LogP contribution in [0.5, 0.6) is 11.6 Å². The average molecular weight is 408 g/mol. The fourth-order valence-electron chi connectivity index (χ4n) is 3.19. The molecular weight excluding hydrogens is 390 g/mol. The third-order valence-corrected chi connectivity index (χ3v) is 4.88. The van der Waals surface area contributed by atoms with Crippen LogP contribution in [0.3, 0.4) is 0 Å². The Morgan fingerprint density at radius 1 is 1.17 bits per heavy atom. The standard InChI is InChI=1S/C22H18ClN3O3/c1-14(15-6-3-2-4-7-15)25-20(27)13-26-18-12-16(23)9-10-19(18)29-21-17(22(26)28)8-5-11-24-21/h2-12,14H,13H2,1H3,(H,25,27). The number of amides is 2. The normalized spacial score (nSPS) is 13.6. The van der Waals surface area contributed by atoms with E-state index in [4.69, 9.17) is 16.3 Å². The summed E-state index contributed by atoms with van der Waals surface area (Å²) in [4.78, 5) is 31.5. The number of nitrogens with one attached hydrogen (secondary N) is 1. The third-order valence-electron chi connectivity index (χ3n) is 4.64. The van der Waals surface area contributed by atoms with E-state index in [0.29, 0.717) is 16.5 Å². The van der Waals surface area contributed by atoms with Gasteiger partial charge >= 0.3 is 0 Å². The molecule has 0 saturated heterocycles. The molecule has 0 radical (unpaired) electrons. The number of aromatic nitrogens is 1. The lowest BCUT2D eigenvalue weighted by atomic mass is 10.1. The highest BCUT2D eigenvalue weighted by molar-refractivity contribution is 6.31. The molecule has 7 heteroatoms. The summed E-state index contributed by atoms with van der Waals surface area (Å²) in [5.74, 6) is -0.0738. The molecule has 0 fully saturated rings. The molecule has 1 aromatic heterocycles. The summed E-state index contributed by atoms with van der Waals surface area (Å²) < 4.78 is 5.83. The quantitative estimate of drug-likeness (QED) is 0.697. The second-order valence-corrected chi connectivity index (χ2v) is 7.10. The number of anilines is 1. The van der Waals surface area contributed by atoms with E-state index in [0.717, 1.165) is 5.56 Å². The van der Waals surface area contributed by atoms with Crippen LogP contribution in [0.2, 0.25) is 5.02 Å². The Kier molecular flexibility index (Phi) is 5.18. The average Bonchev–Trinajstić information content (AvgIpc) is 2.84. The minimum atomic E-state index is -0.378. The van der Waals surface area contributed by atoms with Gasteiger partial charge in [0.1, 0.15) is 12.1 Å². The molecule has 4 rings (SSSR count). The van der Waals surface area contributed by atoms with Gasteiger partial charge < -0.3 is 10.1 Å². The van der Waals surface area contributed by atoms with Crippen LogP contribution in [0.25, 0.3) is 0 Å². The predicted molar refractivity (Wildman–Crippen MR) is 110 cm³/mol. The van der Waals surface area contributed by atoms with E-state index < -0.39 is 0 Å². The van der Waals surface area contributed by atoms with Gasteiger partial charge in [0.25, 0.3) is 5.91 Å². The molecule has 3 aromatic rings. The highest BCUT2D eigenvalue weighted by Crippen LogP contribution is 2.39. The number of ether oxygens (including phenoxy) is 1. The summed E-state index contributed by atoms with van der Waals surface area (Å²) in [6.45, 7) is 1.71. The van der Waals surface area contributed by atoms with Gasteiger partial charge in [-0.1, -0.05) is 41.9 Å². The minimum Gasteiger partial charge on any atom is -0.436 e. The van der Waals surface area contributed by atoms with E-state index in [1.165, 1.54) is 4.90 Å². The van der Waals surface area contributed by atoms with E-state index in [2.05, 4.69) is 10.3 Å². The Balaban J connectivity index is 1.64. The van der Waals surface area contributed by atoms with Gasteiger partial charge in [-0.15, -0.1) is 0 Å². The highest BCUT2D eigenvalue weighted by atomic mass is 35.5. The zero-order valence-corrected chi connectivity index (χ0v) is 16.4. The number of nitrogens with zero attached hydrogens (tertiary/aromatic N) is 2. The Hall–Kier alpha value is -3.38. The van der Waals surface area contributed by atoms with Gasteiger partial charge in [0.15, 0.2) is 5.75 Å². The number of fused-ring (bicyclic) bond motifs is 2. The van der Waals surface area contributed by atoms with Crippen LogP contribution < -0.4 is 15.0 Å². The fourth-order valence-corrected chi connectivity index (χ4v) is 3.36. The Morgan fingerprint density at radius 2 is 1.97 bits per heavy atom. The van der Waals surface area contributed by atoms with Crippen LogP contribution in [0.1, 0.15) is 28.9 Å². The number of carbonyl (C=O) groups is 2. The first-order valence-corrected chi connectivity index (χ1v) is 9.49. The van der Waals surface area contributed by atoms with Gasteiger partial charge in [-0.05, 0) is 42.8 Å². The topological polar surface area (TPSA) is 71.5 Å². The lowest BCUT2D eigenvalue weighted by molar-refractivity contribution is -0.120. The molecule has 29 heavy (non-hydrogen) atoms. The predicted octanol–water partition coefficient (Wildman–Crippen LogP) is 4.36. The van der Waals surface area contributed by atoms with Gasteiger partial charge in [0.05, 0.1) is 11.7 Å². The summed E-state index contributed by atoms with van der Waals surface area (Å²) in [5, 5.41) is 3.36. The van der Waals surface area contributed by atoms with Crippen molar-refractivity contribution in [2.24, 2.45) is 0 Å². The number of hydrogen-bond donors (Lipinski definition) is 1. The van der Waals surface area contributed by atoms with Crippen LogP contribution in [0, 0.1) is 0 Å². The first-order chi connectivity index (χ1) is 14.0. The molecule has 0 aliphatic carbocycles. The third kappa shape index (κ3) is 3.93. The first kappa shape index (κ1) is 19.0. The second kappa shape index (κ2) is 7.93. The smallest absolute Gasteiger partial charge is 0.264 e. The van der Waals surface area contributed by atoms with Gasteiger partial charge in [-0.25, -0.2) is 4.98 Å². The van der Waals surface area contributed by atoms with Gasteiger partial charge in [-0.2, -0.15) is 0 Å². The van der Waals surface area contributed by atoms with Crippen LogP contribution in [0.4, 0.5) is 5.69 Å². The number of rotatable bonds is 4. The van der Waals surface area contributed by atoms with Crippen molar-refractivity contribution in [2.75, 3.05) is 11.4 Å². The monoisotopic (exact) mass is 407 g/mol. The van der Waals surface area contributed by atoms with Gasteiger partial charge in [0, 0.05) is 11.2 Å². The summed E-state index contributed by atoms with van der Waals surface area (Å²) in [6, 6.07) is 17.6. The highest BCUT2D eigenvalue weighted by Gasteiger charge is 2.30. The van der Waals surface area contributed by atoms with Crippen molar-refractivity contribution >= 4 is 29.1 Å². The van der Waals surface area contributed by atoms with Crippen molar-refractivity contribution in [3.63, 3.8) is 0 Å². The number of carbonyl (C=O) groups excluding carboxylic acids is 2. The maximum Gasteiger partial charge on any atom is 0.264 e. The van der Waals surface area contributed by atoms with Crippen molar-refractivity contribution in [3.8, 4) is 11.6 Å². The summed E-state index contributed by atoms with van der Waals surface area (Å²) in [6.07, 6.45) is 1.55. The minimum absolute atomic E-state index is 0.180. The number of benzene rings is 2. The number of pyridine rings is 1. The van der Waals surface area contributed by atoms with Gasteiger partial charge in [0.2, 0.25) is 11.8 Å². The van der Waals surface area contributed by atoms with Crippen LogP contribution >= 0.6 is 11.6 Å². The van der Waals surface area contributed by atoms with E-state index >= 15 is 0 Å². The fraction of sp³-hybridized carbons (Fsp3) is 0.136. The molecule has 2 aromatic carbocycles. The Bertz CT molecular complexity index is 1070. The van der Waals surface area contributed by atoms with E-state index in [1.807, 2.05) is 37.3 Å². The first-order valence-electron chi connectivity index (χ1n) is 9.11. The zero-order valence-electron chi connectivity index (χ0n) is 15.6. The number of halogens is 1. The van der Waals surface area contributed by atoms with Crippen molar-refractivity contribution in [2.45, 2.75) is 13.0 Å². The number of hydrogen-bond acceptors (Lipinski definition) is 4. The van der Waals surface area contributed by atoms with Crippen molar-refractivity contribution in [1.82, 2.24) is 10.3 Å². The molecule has 1 unspecified atom stereocenters. The molecule has 0 bridgehead atoms. The molecule has 1 N–H and O–H groups in total. The molecule has 0 saturated carbocycles. The summed E-state index contributed by atoms with van der Waals surface area (Å²) in [5.41, 5.74) is 1.68. The maximum absolute atomic E-state index is 13.2. The Labute approximate surface area is 173 Å². The largest absolute Gasteiger partial charge is 0.436 e. The molecule has 1 aliphatic heterocycles. The molecule has 146 valence electrons. The van der Waals surface area contributed by atoms with Crippen LogP contribution in [0.15, 0.2) is 66.9 Å². The summed E-state index contributed by atoms with van der Waals surface area (Å²) >= 11 is 6.15. The molecule has 2 amide bonds. The van der Waals surface area contributed by atoms with Crippen LogP contribution in [-0.4, -0.2) is 23.3 Å². The SMILES string of the molecule is CC(NC(=O)CN1C(=O)c2cccnc2Oc2ccc(Cl)cc21)c1ccccc1. The molecule has 2 heterocycles. The molecule has 1 aliphatic rings. The second-order valence-electron chi connectivity index (χ2n) is 6.66. The summed E-state index contributed by atoms with van der Waals surface area (Å²) in [7, 11) is 0. The molecule has 1 atom stereocenters. The van der Waals surface area contributed by atoms with E-state index in [9.17, 15) is 9.59 Å². The lowest BCUT2D eigenvalue weighted by Gasteiger charge is -2.23.